The molecule has 0 aliphatic carbocycles. The minimum Gasteiger partial charge on any atom is -0.465 e. The summed E-state index contributed by atoms with van der Waals surface area (Å²) < 4.78 is 0. The maximum absolute atomic E-state index is 10.7. The molecule has 1 aliphatic rings. The number of amides is 1. The summed E-state index contributed by atoms with van der Waals surface area (Å²) in [6.07, 6.45) is 4.38. The molecule has 5 heteroatoms. The molecule has 1 saturated heterocycles. The monoisotopic (exact) mass is 221 g/mol. The summed E-state index contributed by atoms with van der Waals surface area (Å²) in [6.45, 7) is 1.22. The van der Waals surface area contributed by atoms with Gasteiger partial charge in [-0.3, -0.25) is 4.98 Å². The number of hydrogen-bond acceptors (Lipinski definition) is 3. The van der Waals surface area contributed by atoms with E-state index in [0.29, 0.717) is 19.1 Å². The Bertz CT molecular complexity index is 348. The van der Waals surface area contributed by atoms with Gasteiger partial charge in [-0.05, 0) is 25.0 Å². The van der Waals surface area contributed by atoms with E-state index in [0.717, 1.165) is 18.5 Å². The van der Waals surface area contributed by atoms with E-state index in [1.54, 1.807) is 12.4 Å². The van der Waals surface area contributed by atoms with Gasteiger partial charge in [0.25, 0.3) is 0 Å². The highest BCUT2D eigenvalue weighted by Crippen LogP contribution is 2.15. The van der Waals surface area contributed by atoms with E-state index in [1.165, 1.54) is 4.90 Å². The number of anilines is 1. The first kappa shape index (κ1) is 10.7. The maximum atomic E-state index is 10.7. The van der Waals surface area contributed by atoms with E-state index >= 15 is 0 Å². The number of rotatable bonds is 2. The SMILES string of the molecule is O=C(O)N1CCC(Nc2ccncc2)CC1. The lowest BCUT2D eigenvalue weighted by Gasteiger charge is -2.30. The van der Waals surface area contributed by atoms with Crippen LogP contribution in [-0.2, 0) is 0 Å². The smallest absolute Gasteiger partial charge is 0.407 e. The average molecular weight is 221 g/mol. The Morgan fingerprint density at radius 1 is 1.38 bits per heavy atom. The molecular weight excluding hydrogens is 206 g/mol. The fraction of sp³-hybridized carbons (Fsp3) is 0.455. The highest BCUT2D eigenvalue weighted by molar-refractivity contribution is 5.65. The van der Waals surface area contributed by atoms with Crippen LogP contribution in [-0.4, -0.2) is 40.2 Å². The summed E-state index contributed by atoms with van der Waals surface area (Å²) in [4.78, 5) is 16.1. The van der Waals surface area contributed by atoms with Gasteiger partial charge < -0.3 is 15.3 Å². The minimum atomic E-state index is -0.817. The average Bonchev–Trinajstić information content (AvgIpc) is 2.31. The van der Waals surface area contributed by atoms with Gasteiger partial charge in [-0.25, -0.2) is 4.79 Å². The van der Waals surface area contributed by atoms with Crippen molar-refractivity contribution < 1.29 is 9.90 Å². The molecule has 0 unspecified atom stereocenters. The Balaban J connectivity index is 1.84. The third-order valence-electron chi connectivity index (χ3n) is 2.82. The largest absolute Gasteiger partial charge is 0.465 e. The van der Waals surface area contributed by atoms with Crippen LogP contribution in [0, 0.1) is 0 Å². The molecule has 1 aromatic heterocycles. The molecule has 1 aliphatic heterocycles. The van der Waals surface area contributed by atoms with Crippen molar-refractivity contribution in [2.45, 2.75) is 18.9 Å². The third-order valence-corrected chi connectivity index (χ3v) is 2.82. The van der Waals surface area contributed by atoms with Gasteiger partial charge in [0.2, 0.25) is 0 Å². The van der Waals surface area contributed by atoms with Crippen molar-refractivity contribution in [2.24, 2.45) is 0 Å². The molecular formula is C11H15N3O2. The van der Waals surface area contributed by atoms with E-state index in [1.807, 2.05) is 12.1 Å². The molecule has 5 nitrogen and oxygen atoms in total. The van der Waals surface area contributed by atoms with Crippen LogP contribution in [0.4, 0.5) is 10.5 Å². The molecule has 1 amide bonds. The van der Waals surface area contributed by atoms with Gasteiger partial charge in [0, 0.05) is 37.2 Å². The lowest BCUT2D eigenvalue weighted by atomic mass is 10.1. The van der Waals surface area contributed by atoms with E-state index in [2.05, 4.69) is 10.3 Å². The molecule has 0 saturated carbocycles. The zero-order valence-corrected chi connectivity index (χ0v) is 8.97. The molecule has 0 bridgehead atoms. The molecule has 0 atom stereocenters. The lowest BCUT2D eigenvalue weighted by Crippen LogP contribution is -2.41. The summed E-state index contributed by atoms with van der Waals surface area (Å²) in [5.74, 6) is 0. The van der Waals surface area contributed by atoms with Crippen LogP contribution in [0.1, 0.15) is 12.8 Å². The van der Waals surface area contributed by atoms with E-state index in [-0.39, 0.29) is 0 Å². The number of nitrogens with zero attached hydrogens (tertiary/aromatic N) is 2. The second-order valence-corrected chi connectivity index (χ2v) is 3.92. The second-order valence-electron chi connectivity index (χ2n) is 3.92. The van der Waals surface area contributed by atoms with Crippen LogP contribution in [0.15, 0.2) is 24.5 Å². The number of carboxylic acid groups (broad SMARTS) is 1. The highest BCUT2D eigenvalue weighted by Gasteiger charge is 2.21. The van der Waals surface area contributed by atoms with Crippen molar-refractivity contribution in [3.63, 3.8) is 0 Å². The van der Waals surface area contributed by atoms with Gasteiger partial charge in [-0.1, -0.05) is 0 Å². The molecule has 0 radical (unpaired) electrons. The molecule has 0 aromatic carbocycles. The first-order chi connectivity index (χ1) is 7.75. The first-order valence-electron chi connectivity index (χ1n) is 5.40. The van der Waals surface area contributed by atoms with E-state index in [4.69, 9.17) is 5.11 Å². The standard InChI is InChI=1S/C11H15N3O2/c15-11(16)14-7-3-10(4-8-14)13-9-1-5-12-6-2-9/h1-2,5-6,10H,3-4,7-8H2,(H,12,13)(H,15,16). The fourth-order valence-electron chi connectivity index (χ4n) is 1.90. The van der Waals surface area contributed by atoms with Crippen LogP contribution in [0.5, 0.6) is 0 Å². The Morgan fingerprint density at radius 2 is 2.00 bits per heavy atom. The van der Waals surface area contributed by atoms with Crippen molar-refractivity contribution in [3.8, 4) is 0 Å². The van der Waals surface area contributed by atoms with Crippen molar-refractivity contribution in [3.05, 3.63) is 24.5 Å². The molecule has 86 valence electrons. The summed E-state index contributed by atoms with van der Waals surface area (Å²) in [5, 5.41) is 12.2. The Kier molecular flexibility index (Phi) is 3.24. The number of pyridine rings is 1. The quantitative estimate of drug-likeness (QED) is 0.796. The summed E-state index contributed by atoms with van der Waals surface area (Å²) in [5.41, 5.74) is 1.05. The zero-order chi connectivity index (χ0) is 11.4. The van der Waals surface area contributed by atoms with E-state index in [9.17, 15) is 4.79 Å². The van der Waals surface area contributed by atoms with Gasteiger partial charge in [0.05, 0.1) is 0 Å². The van der Waals surface area contributed by atoms with Crippen molar-refractivity contribution in [2.75, 3.05) is 18.4 Å². The predicted molar refractivity (Wildman–Crippen MR) is 60.5 cm³/mol. The number of piperidine rings is 1. The zero-order valence-electron chi connectivity index (χ0n) is 8.97. The third kappa shape index (κ3) is 2.62. The Hall–Kier alpha value is -1.78. The van der Waals surface area contributed by atoms with Crippen molar-refractivity contribution in [1.82, 2.24) is 9.88 Å². The molecule has 2 N–H and O–H groups in total. The lowest BCUT2D eigenvalue weighted by molar-refractivity contribution is 0.134. The molecule has 2 rings (SSSR count). The summed E-state index contributed by atoms with van der Waals surface area (Å²) >= 11 is 0. The number of carbonyl (C=O) groups is 1. The molecule has 16 heavy (non-hydrogen) atoms. The highest BCUT2D eigenvalue weighted by atomic mass is 16.4. The summed E-state index contributed by atoms with van der Waals surface area (Å²) in [7, 11) is 0. The van der Waals surface area contributed by atoms with Crippen LogP contribution in [0.3, 0.4) is 0 Å². The van der Waals surface area contributed by atoms with Gasteiger partial charge in [0.15, 0.2) is 0 Å². The molecule has 0 spiro atoms. The maximum Gasteiger partial charge on any atom is 0.407 e. The number of nitrogens with one attached hydrogen (secondary N) is 1. The van der Waals surface area contributed by atoms with Crippen molar-refractivity contribution >= 4 is 11.8 Å². The molecule has 2 heterocycles. The predicted octanol–water partition coefficient (Wildman–Crippen LogP) is 1.64. The topological polar surface area (TPSA) is 65.5 Å². The van der Waals surface area contributed by atoms with Crippen LogP contribution < -0.4 is 5.32 Å². The van der Waals surface area contributed by atoms with E-state index < -0.39 is 6.09 Å². The summed E-state index contributed by atoms with van der Waals surface area (Å²) in [6, 6.07) is 4.20. The molecule has 1 aromatic rings. The van der Waals surface area contributed by atoms with Gasteiger partial charge in [-0.15, -0.1) is 0 Å². The normalized spacial score (nSPS) is 17.1. The van der Waals surface area contributed by atoms with Crippen molar-refractivity contribution in [1.29, 1.82) is 0 Å². The van der Waals surface area contributed by atoms with Crippen LogP contribution >= 0.6 is 0 Å². The molecule has 1 fully saturated rings. The number of aromatic nitrogens is 1. The Labute approximate surface area is 94.1 Å². The minimum absolute atomic E-state index is 0.359. The van der Waals surface area contributed by atoms with Gasteiger partial charge in [0.1, 0.15) is 0 Å². The number of hydrogen-bond donors (Lipinski definition) is 2. The van der Waals surface area contributed by atoms with Gasteiger partial charge in [-0.2, -0.15) is 0 Å². The fourth-order valence-corrected chi connectivity index (χ4v) is 1.90. The second kappa shape index (κ2) is 4.83. The van der Waals surface area contributed by atoms with Crippen LogP contribution in [0.2, 0.25) is 0 Å². The Morgan fingerprint density at radius 3 is 2.56 bits per heavy atom. The first-order valence-corrected chi connectivity index (χ1v) is 5.40. The number of likely N-dealkylation sites (tertiary alicyclic amines) is 1. The van der Waals surface area contributed by atoms with Gasteiger partial charge >= 0.3 is 6.09 Å². The van der Waals surface area contributed by atoms with Crippen LogP contribution in [0.25, 0.3) is 0 Å².